The number of hydrogen-bond acceptors (Lipinski definition) is 6. The van der Waals surface area contributed by atoms with Gasteiger partial charge in [0, 0.05) is 58.9 Å². The average molecular weight is 703 g/mol. The Morgan fingerprint density at radius 1 is 0.481 bits per heavy atom. The first-order valence-electron chi connectivity index (χ1n) is 18.9. The summed E-state index contributed by atoms with van der Waals surface area (Å²) in [5.74, 6) is 14.2. The zero-order chi connectivity index (χ0) is 36.3. The molecule has 6 bridgehead atoms. The summed E-state index contributed by atoms with van der Waals surface area (Å²) in [4.78, 5) is 12.3. The van der Waals surface area contributed by atoms with Crippen LogP contribution >= 0.6 is 0 Å². The first-order chi connectivity index (χ1) is 25.1. The van der Waals surface area contributed by atoms with Gasteiger partial charge >= 0.3 is 0 Å². The number of benzene rings is 3. The molecule has 5 aromatic rings. The normalized spacial score (nSPS) is 20.7. The number of aromatic nitrogens is 2. The lowest BCUT2D eigenvalue weighted by Gasteiger charge is -2.21. The minimum Gasteiger partial charge on any atom is -0.378 e. The van der Waals surface area contributed by atoms with Gasteiger partial charge < -0.3 is 28.9 Å². The van der Waals surface area contributed by atoms with Gasteiger partial charge in [-0.2, -0.15) is 0 Å². The average Bonchev–Trinajstić information content (AvgIpc) is 3.67. The molecule has 0 radical (unpaired) electrons. The first kappa shape index (κ1) is 36.5. The predicted molar refractivity (Wildman–Crippen MR) is 212 cm³/mol. The summed E-state index contributed by atoms with van der Waals surface area (Å²) in [6.45, 7) is 22.6. The van der Waals surface area contributed by atoms with Crippen LogP contribution in [0.2, 0.25) is 0 Å². The zero-order valence-corrected chi connectivity index (χ0v) is 31.9. The van der Waals surface area contributed by atoms with Crippen LogP contribution in [0.3, 0.4) is 0 Å². The summed E-state index contributed by atoms with van der Waals surface area (Å²) in [5, 5.41) is 4.78. The molecule has 8 nitrogen and oxygen atoms in total. The Kier molecular flexibility index (Phi) is 11.0. The molecular formula is C44H54N4O4. The van der Waals surface area contributed by atoms with Crippen LogP contribution in [-0.4, -0.2) is 112 Å². The molecule has 3 aliphatic rings. The molecule has 1 saturated heterocycles. The van der Waals surface area contributed by atoms with Crippen LogP contribution in [0.1, 0.15) is 63.8 Å². The fourth-order valence-electron chi connectivity index (χ4n) is 7.05. The lowest BCUT2D eigenvalue weighted by molar-refractivity contribution is 0.0110. The number of ether oxygens (including phenoxy) is 4. The van der Waals surface area contributed by atoms with E-state index in [2.05, 4.69) is 121 Å². The number of nitrogens with zero attached hydrogens (tertiary/aromatic N) is 2. The molecule has 0 unspecified atom stereocenters. The second-order valence-electron chi connectivity index (χ2n) is 16.2. The van der Waals surface area contributed by atoms with Crippen LogP contribution in [-0.2, 0) is 29.8 Å². The molecule has 2 N–H and O–H groups in total. The lowest BCUT2D eigenvalue weighted by atomic mass is 9.85. The topological polar surface area (TPSA) is 75.0 Å². The number of nitrogens with one attached hydrogen (secondary N) is 2. The minimum atomic E-state index is -0.0387. The van der Waals surface area contributed by atoms with Crippen LogP contribution in [0.25, 0.3) is 43.6 Å². The van der Waals surface area contributed by atoms with Gasteiger partial charge in [-0.3, -0.25) is 9.80 Å². The smallest absolute Gasteiger partial charge is 0.0710 e. The molecule has 274 valence electrons. The largest absolute Gasteiger partial charge is 0.378 e. The van der Waals surface area contributed by atoms with Crippen LogP contribution < -0.4 is 0 Å². The molecule has 0 aliphatic carbocycles. The van der Waals surface area contributed by atoms with Gasteiger partial charge in [0.05, 0.1) is 88.0 Å². The van der Waals surface area contributed by atoms with Crippen molar-refractivity contribution < 1.29 is 18.9 Å². The Morgan fingerprint density at radius 2 is 0.846 bits per heavy atom. The molecule has 8 rings (SSSR count). The van der Waals surface area contributed by atoms with Crippen LogP contribution in [0.5, 0.6) is 0 Å². The number of fused-ring (bicyclic) bond motifs is 18. The molecule has 0 saturated carbocycles. The molecule has 0 amide bonds. The Hall–Kier alpha value is -3.86. The Balaban J connectivity index is 1.43. The molecule has 52 heavy (non-hydrogen) atoms. The molecule has 5 heterocycles. The van der Waals surface area contributed by atoms with E-state index in [9.17, 15) is 0 Å². The van der Waals surface area contributed by atoms with Crippen molar-refractivity contribution in [1.82, 2.24) is 19.8 Å². The maximum atomic E-state index is 5.99. The van der Waals surface area contributed by atoms with Crippen LogP contribution in [0.15, 0.2) is 36.4 Å². The van der Waals surface area contributed by atoms with E-state index in [1.807, 2.05) is 0 Å². The second-order valence-corrected chi connectivity index (χ2v) is 16.2. The molecule has 0 spiro atoms. The standard InChI is InChI=1S/C44H54N4O4/c1-43(2,3)33-27-31-9-7-13-47-15-19-49-23-25-51-21-17-48(18-22-52-26-24-50-20-16-47)14-8-10-32-28-34(44(4,5)6)30-38-36-12-11-35-37(29-33)39(31)45-41(35)42(36)46-40(32)38/h11-12,27-30,45-46H,13-26H2,1-6H3. The number of rotatable bonds is 0. The van der Waals surface area contributed by atoms with Crippen LogP contribution in [0.4, 0.5) is 0 Å². The van der Waals surface area contributed by atoms with Gasteiger partial charge in [-0.15, -0.1) is 0 Å². The summed E-state index contributed by atoms with van der Waals surface area (Å²) >= 11 is 0. The highest BCUT2D eigenvalue weighted by molar-refractivity contribution is 6.22. The fraction of sp³-hybridized carbons (Fsp3) is 0.500. The van der Waals surface area contributed by atoms with Crippen LogP contribution in [0, 0.1) is 23.7 Å². The van der Waals surface area contributed by atoms with Crippen molar-refractivity contribution in [3.8, 4) is 23.7 Å². The molecule has 0 atom stereocenters. The van der Waals surface area contributed by atoms with E-state index in [1.165, 1.54) is 32.7 Å². The van der Waals surface area contributed by atoms with Crippen molar-refractivity contribution in [3.05, 3.63) is 58.7 Å². The van der Waals surface area contributed by atoms with Gasteiger partial charge in [-0.05, 0) is 46.2 Å². The maximum absolute atomic E-state index is 5.99. The van der Waals surface area contributed by atoms with Gasteiger partial charge in [0.2, 0.25) is 0 Å². The van der Waals surface area contributed by atoms with E-state index in [-0.39, 0.29) is 10.8 Å². The first-order valence-corrected chi connectivity index (χ1v) is 18.9. The van der Waals surface area contributed by atoms with E-state index in [0.29, 0.717) is 65.9 Å². The highest BCUT2D eigenvalue weighted by Crippen LogP contribution is 2.39. The summed E-state index contributed by atoms with van der Waals surface area (Å²) in [5.41, 5.74) is 8.81. The minimum absolute atomic E-state index is 0.0387. The summed E-state index contributed by atoms with van der Waals surface area (Å²) in [6, 6.07) is 13.8. The van der Waals surface area contributed by atoms with E-state index in [0.717, 1.165) is 59.4 Å². The Labute approximate surface area is 308 Å². The summed E-state index contributed by atoms with van der Waals surface area (Å²) < 4.78 is 24.0. The van der Waals surface area contributed by atoms with Crippen molar-refractivity contribution >= 4 is 43.6 Å². The highest BCUT2D eigenvalue weighted by Gasteiger charge is 2.22. The monoisotopic (exact) mass is 702 g/mol. The van der Waals surface area contributed by atoms with Crippen molar-refractivity contribution in [2.24, 2.45) is 0 Å². The van der Waals surface area contributed by atoms with Crippen molar-refractivity contribution in [3.63, 3.8) is 0 Å². The molecule has 1 fully saturated rings. The van der Waals surface area contributed by atoms with Crippen molar-refractivity contribution in [2.45, 2.75) is 52.4 Å². The molecule has 3 aliphatic heterocycles. The summed E-state index contributed by atoms with van der Waals surface area (Å²) in [7, 11) is 0. The Morgan fingerprint density at radius 3 is 1.19 bits per heavy atom. The van der Waals surface area contributed by atoms with E-state index in [4.69, 9.17) is 18.9 Å². The highest BCUT2D eigenvalue weighted by atomic mass is 16.5. The van der Waals surface area contributed by atoms with Gasteiger partial charge in [0.25, 0.3) is 0 Å². The third kappa shape index (κ3) is 8.19. The fourth-order valence-corrected chi connectivity index (χ4v) is 7.05. The van der Waals surface area contributed by atoms with E-state index < -0.39 is 0 Å². The molecule has 2 aromatic heterocycles. The van der Waals surface area contributed by atoms with Crippen molar-refractivity contribution in [1.29, 1.82) is 0 Å². The molecule has 3 aromatic carbocycles. The number of H-pyrrole nitrogens is 2. The molecular weight excluding hydrogens is 649 g/mol. The van der Waals surface area contributed by atoms with Gasteiger partial charge in [-0.25, -0.2) is 0 Å². The van der Waals surface area contributed by atoms with E-state index in [1.54, 1.807) is 0 Å². The SMILES string of the molecule is CC(C)(C)c1cc2c3[nH]c4c(ccc5c6cc(C(C)(C)C)cc(c6[nH]c54)C#CCN4CCOCCOCCN(CC#C2)CCOCCOCC4)c3c1. The van der Waals surface area contributed by atoms with Gasteiger partial charge in [0.15, 0.2) is 0 Å². The maximum Gasteiger partial charge on any atom is 0.0710 e. The third-order valence-corrected chi connectivity index (χ3v) is 10.3. The quantitative estimate of drug-likeness (QED) is 0.170. The Bertz CT molecular complexity index is 2000. The second kappa shape index (κ2) is 15.6. The lowest BCUT2D eigenvalue weighted by Crippen LogP contribution is -2.33. The zero-order valence-electron chi connectivity index (χ0n) is 31.9. The van der Waals surface area contributed by atoms with Gasteiger partial charge in [0.1, 0.15) is 0 Å². The van der Waals surface area contributed by atoms with E-state index >= 15 is 0 Å². The van der Waals surface area contributed by atoms with Gasteiger partial charge in [-0.1, -0.05) is 77.4 Å². The molecule has 8 heteroatoms. The number of aromatic amines is 2. The third-order valence-electron chi connectivity index (χ3n) is 10.3. The van der Waals surface area contributed by atoms with Crippen molar-refractivity contribution in [2.75, 3.05) is 92.1 Å². The number of hydrogen-bond donors (Lipinski definition) is 2. The predicted octanol–water partition coefficient (Wildman–Crippen LogP) is 6.95. The summed E-state index contributed by atoms with van der Waals surface area (Å²) in [6.07, 6.45) is 0.